The maximum absolute atomic E-state index is 4.09. The van der Waals surface area contributed by atoms with Crippen LogP contribution in [-0.2, 0) is 0 Å². The number of nitrogens with one attached hydrogen (secondary N) is 1. The number of rotatable bonds is 1. The first kappa shape index (κ1) is 9.78. The van der Waals surface area contributed by atoms with Gasteiger partial charge in [-0.15, -0.1) is 0 Å². The summed E-state index contributed by atoms with van der Waals surface area (Å²) in [5, 5.41) is 3.14. The third-order valence-electron chi connectivity index (χ3n) is 2.55. The standard InChI is InChI=1S/C14H15N/c1-11-5-7-13(8-6-11)14-10-15-9-3-4-12(14)2/h3,5-10,15H,2,4H2,1H3. The summed E-state index contributed by atoms with van der Waals surface area (Å²) in [5.74, 6) is 0. The van der Waals surface area contributed by atoms with Gasteiger partial charge in [-0.25, -0.2) is 0 Å². The lowest BCUT2D eigenvalue weighted by atomic mass is 9.97. The van der Waals surface area contributed by atoms with Crippen molar-refractivity contribution in [3.63, 3.8) is 0 Å². The van der Waals surface area contributed by atoms with E-state index in [0.29, 0.717) is 0 Å². The minimum atomic E-state index is 0.909. The Morgan fingerprint density at radius 3 is 2.67 bits per heavy atom. The van der Waals surface area contributed by atoms with Crippen LogP contribution in [0.5, 0.6) is 0 Å². The summed E-state index contributed by atoms with van der Waals surface area (Å²) in [6.07, 6.45) is 6.95. The number of benzene rings is 1. The fourth-order valence-corrected chi connectivity index (χ4v) is 1.63. The zero-order chi connectivity index (χ0) is 10.7. The number of hydrogen-bond donors (Lipinski definition) is 1. The predicted molar refractivity (Wildman–Crippen MR) is 65.2 cm³/mol. The molecule has 1 heterocycles. The normalized spacial score (nSPS) is 15.5. The van der Waals surface area contributed by atoms with E-state index >= 15 is 0 Å². The van der Waals surface area contributed by atoms with E-state index in [4.69, 9.17) is 0 Å². The Labute approximate surface area is 90.8 Å². The van der Waals surface area contributed by atoms with Crippen LogP contribution in [0, 0.1) is 6.92 Å². The van der Waals surface area contributed by atoms with E-state index in [9.17, 15) is 0 Å². The molecule has 1 nitrogen and oxygen atoms in total. The molecule has 2 rings (SSSR count). The van der Waals surface area contributed by atoms with E-state index < -0.39 is 0 Å². The molecule has 76 valence electrons. The van der Waals surface area contributed by atoms with Gasteiger partial charge in [0.25, 0.3) is 0 Å². The largest absolute Gasteiger partial charge is 0.367 e. The van der Waals surface area contributed by atoms with Crippen molar-refractivity contribution in [2.45, 2.75) is 13.3 Å². The van der Waals surface area contributed by atoms with Gasteiger partial charge >= 0.3 is 0 Å². The molecule has 1 heteroatoms. The van der Waals surface area contributed by atoms with Crippen LogP contribution < -0.4 is 5.32 Å². The molecule has 0 aromatic heterocycles. The van der Waals surface area contributed by atoms with Crippen LogP contribution in [0.3, 0.4) is 0 Å². The molecular weight excluding hydrogens is 182 g/mol. The lowest BCUT2D eigenvalue weighted by Gasteiger charge is -2.08. The Hall–Kier alpha value is -1.76. The van der Waals surface area contributed by atoms with Crippen LogP contribution in [-0.4, -0.2) is 0 Å². The Kier molecular flexibility index (Phi) is 2.72. The summed E-state index contributed by atoms with van der Waals surface area (Å²) >= 11 is 0. The van der Waals surface area contributed by atoms with Crippen LogP contribution in [0.25, 0.3) is 5.57 Å². The van der Waals surface area contributed by atoms with E-state index in [0.717, 1.165) is 12.0 Å². The van der Waals surface area contributed by atoms with Gasteiger partial charge in [-0.3, -0.25) is 0 Å². The van der Waals surface area contributed by atoms with Gasteiger partial charge in [0.15, 0.2) is 0 Å². The minimum absolute atomic E-state index is 0.909. The zero-order valence-electron chi connectivity index (χ0n) is 8.96. The molecule has 0 radical (unpaired) electrons. The van der Waals surface area contributed by atoms with Crippen molar-refractivity contribution in [2.24, 2.45) is 0 Å². The van der Waals surface area contributed by atoms with Gasteiger partial charge in [0, 0.05) is 11.8 Å². The van der Waals surface area contributed by atoms with E-state index in [1.54, 1.807) is 0 Å². The van der Waals surface area contributed by atoms with Crippen molar-refractivity contribution in [3.05, 3.63) is 66.0 Å². The van der Waals surface area contributed by atoms with Gasteiger partial charge in [0.1, 0.15) is 0 Å². The van der Waals surface area contributed by atoms with E-state index in [-0.39, 0.29) is 0 Å². The van der Waals surface area contributed by atoms with Gasteiger partial charge in [0.2, 0.25) is 0 Å². The van der Waals surface area contributed by atoms with Crippen molar-refractivity contribution in [1.82, 2.24) is 5.32 Å². The molecule has 0 amide bonds. The highest BCUT2D eigenvalue weighted by Gasteiger charge is 2.06. The number of aryl methyl sites for hydroxylation is 1. The van der Waals surface area contributed by atoms with Gasteiger partial charge in [-0.2, -0.15) is 0 Å². The smallest absolute Gasteiger partial charge is 0.00861 e. The van der Waals surface area contributed by atoms with Gasteiger partial charge in [-0.1, -0.05) is 42.5 Å². The summed E-state index contributed by atoms with van der Waals surface area (Å²) in [6.45, 7) is 6.19. The molecule has 0 unspecified atom stereocenters. The molecule has 1 aromatic rings. The number of hydrogen-bond acceptors (Lipinski definition) is 1. The van der Waals surface area contributed by atoms with Crippen LogP contribution in [0.2, 0.25) is 0 Å². The summed E-state index contributed by atoms with van der Waals surface area (Å²) in [7, 11) is 0. The highest BCUT2D eigenvalue weighted by molar-refractivity contribution is 5.78. The van der Waals surface area contributed by atoms with Crippen LogP contribution in [0.15, 0.2) is 54.9 Å². The molecule has 1 N–H and O–H groups in total. The molecule has 0 fully saturated rings. The average Bonchev–Trinajstić information content (AvgIpc) is 2.44. The monoisotopic (exact) mass is 197 g/mol. The Morgan fingerprint density at radius 2 is 1.93 bits per heavy atom. The summed E-state index contributed by atoms with van der Waals surface area (Å²) in [5.41, 5.74) is 4.85. The van der Waals surface area contributed by atoms with Crippen molar-refractivity contribution >= 4 is 5.57 Å². The van der Waals surface area contributed by atoms with Crippen molar-refractivity contribution in [1.29, 1.82) is 0 Å². The zero-order valence-corrected chi connectivity index (χ0v) is 8.96. The molecule has 0 aliphatic carbocycles. The van der Waals surface area contributed by atoms with E-state index in [1.165, 1.54) is 16.7 Å². The maximum Gasteiger partial charge on any atom is 0.00861 e. The molecule has 15 heavy (non-hydrogen) atoms. The maximum atomic E-state index is 4.09. The molecule has 0 bridgehead atoms. The molecular formula is C14H15N. The van der Waals surface area contributed by atoms with Crippen molar-refractivity contribution in [2.75, 3.05) is 0 Å². The quantitative estimate of drug-likeness (QED) is 0.727. The van der Waals surface area contributed by atoms with Crippen molar-refractivity contribution < 1.29 is 0 Å². The second-order valence-electron chi connectivity index (χ2n) is 3.80. The molecule has 0 saturated heterocycles. The lowest BCUT2D eigenvalue weighted by Crippen LogP contribution is -1.94. The van der Waals surface area contributed by atoms with Crippen molar-refractivity contribution in [3.8, 4) is 0 Å². The molecule has 1 aromatic carbocycles. The van der Waals surface area contributed by atoms with Gasteiger partial charge in [0.05, 0.1) is 0 Å². The summed E-state index contributed by atoms with van der Waals surface area (Å²) in [4.78, 5) is 0. The van der Waals surface area contributed by atoms with E-state index in [2.05, 4.69) is 49.2 Å². The first-order valence-electron chi connectivity index (χ1n) is 5.14. The third-order valence-corrected chi connectivity index (χ3v) is 2.55. The molecule has 1 aliphatic heterocycles. The predicted octanol–water partition coefficient (Wildman–Crippen LogP) is 3.40. The second-order valence-corrected chi connectivity index (χ2v) is 3.80. The molecule has 1 aliphatic rings. The van der Waals surface area contributed by atoms with Crippen LogP contribution in [0.4, 0.5) is 0 Å². The molecule has 0 atom stereocenters. The van der Waals surface area contributed by atoms with Gasteiger partial charge in [-0.05, 0) is 30.7 Å². The summed E-state index contributed by atoms with van der Waals surface area (Å²) < 4.78 is 0. The fraction of sp³-hybridized carbons (Fsp3) is 0.143. The minimum Gasteiger partial charge on any atom is -0.367 e. The Bertz CT molecular complexity index is 421. The highest BCUT2D eigenvalue weighted by atomic mass is 14.8. The topological polar surface area (TPSA) is 12.0 Å². The third kappa shape index (κ3) is 2.18. The first-order chi connectivity index (χ1) is 7.27. The molecule has 0 spiro atoms. The SMILES string of the molecule is C=C1CC=CNC=C1c1ccc(C)cc1. The Morgan fingerprint density at radius 1 is 1.20 bits per heavy atom. The lowest BCUT2D eigenvalue weighted by molar-refractivity contribution is 1.20. The first-order valence-corrected chi connectivity index (χ1v) is 5.14. The Balaban J connectivity index is 2.34. The average molecular weight is 197 g/mol. The van der Waals surface area contributed by atoms with Crippen LogP contribution >= 0.6 is 0 Å². The second kappa shape index (κ2) is 4.18. The molecule has 0 saturated carbocycles. The van der Waals surface area contributed by atoms with Crippen LogP contribution in [0.1, 0.15) is 17.5 Å². The van der Waals surface area contributed by atoms with Gasteiger partial charge < -0.3 is 5.32 Å². The fourth-order valence-electron chi connectivity index (χ4n) is 1.63. The highest BCUT2D eigenvalue weighted by Crippen LogP contribution is 2.25. The number of allylic oxidation sites excluding steroid dienone is 3. The summed E-state index contributed by atoms with van der Waals surface area (Å²) in [6, 6.07) is 8.53. The van der Waals surface area contributed by atoms with E-state index in [1.807, 2.05) is 12.4 Å².